The summed E-state index contributed by atoms with van der Waals surface area (Å²) in [5, 5.41) is 0. The summed E-state index contributed by atoms with van der Waals surface area (Å²) in [6.45, 7) is 3.90. The van der Waals surface area contributed by atoms with Crippen molar-refractivity contribution in [3.8, 4) is 5.88 Å². The number of ether oxygens (including phenoxy) is 1. The summed E-state index contributed by atoms with van der Waals surface area (Å²) in [4.78, 5) is 12.0. The maximum atomic E-state index is 5.72. The third-order valence-corrected chi connectivity index (χ3v) is 1.51. The topological polar surface area (TPSA) is 73.4 Å². The standard InChI is InChI=1S/C9H14N4O/c1-6(2)13-9(10)7-4-8(14-3)12-5-11-7/h4-6H,1-3H3,(H2,10,13). The molecule has 0 amide bonds. The highest BCUT2D eigenvalue weighted by Gasteiger charge is 2.03. The summed E-state index contributed by atoms with van der Waals surface area (Å²) < 4.78 is 4.95. The minimum Gasteiger partial charge on any atom is -0.481 e. The average molecular weight is 194 g/mol. The highest BCUT2D eigenvalue weighted by atomic mass is 16.5. The van der Waals surface area contributed by atoms with Gasteiger partial charge in [-0.2, -0.15) is 0 Å². The Kier molecular flexibility index (Phi) is 3.39. The normalized spacial score (nSPS) is 11.9. The lowest BCUT2D eigenvalue weighted by Crippen LogP contribution is -2.17. The van der Waals surface area contributed by atoms with E-state index < -0.39 is 0 Å². The van der Waals surface area contributed by atoms with Gasteiger partial charge in [-0.1, -0.05) is 0 Å². The minimum atomic E-state index is 0.149. The van der Waals surface area contributed by atoms with Crippen LogP contribution in [-0.2, 0) is 0 Å². The van der Waals surface area contributed by atoms with E-state index in [1.54, 1.807) is 13.2 Å². The lowest BCUT2D eigenvalue weighted by atomic mass is 10.3. The van der Waals surface area contributed by atoms with Crippen LogP contribution in [0.25, 0.3) is 0 Å². The highest BCUT2D eigenvalue weighted by Crippen LogP contribution is 2.05. The smallest absolute Gasteiger partial charge is 0.216 e. The van der Waals surface area contributed by atoms with E-state index in [9.17, 15) is 0 Å². The van der Waals surface area contributed by atoms with E-state index in [2.05, 4.69) is 15.0 Å². The second-order valence-corrected chi connectivity index (χ2v) is 3.05. The molecule has 0 radical (unpaired) electrons. The molecule has 1 aromatic heterocycles. The molecule has 0 atom stereocenters. The minimum absolute atomic E-state index is 0.149. The van der Waals surface area contributed by atoms with Crippen molar-refractivity contribution in [1.82, 2.24) is 9.97 Å². The van der Waals surface area contributed by atoms with Crippen LogP contribution in [0.1, 0.15) is 19.5 Å². The number of rotatable bonds is 3. The Morgan fingerprint density at radius 2 is 2.21 bits per heavy atom. The molecular formula is C9H14N4O. The van der Waals surface area contributed by atoms with E-state index in [4.69, 9.17) is 10.5 Å². The van der Waals surface area contributed by atoms with Crippen molar-refractivity contribution < 1.29 is 4.74 Å². The molecular weight excluding hydrogens is 180 g/mol. The molecule has 0 unspecified atom stereocenters. The van der Waals surface area contributed by atoms with Gasteiger partial charge in [0.15, 0.2) is 0 Å². The van der Waals surface area contributed by atoms with Crippen LogP contribution in [0.2, 0.25) is 0 Å². The monoisotopic (exact) mass is 194 g/mol. The Bertz CT molecular complexity index is 335. The molecule has 2 N–H and O–H groups in total. The lowest BCUT2D eigenvalue weighted by Gasteiger charge is -2.03. The summed E-state index contributed by atoms with van der Waals surface area (Å²) in [5.74, 6) is 0.887. The number of methoxy groups -OCH3 is 1. The molecule has 0 saturated carbocycles. The maximum Gasteiger partial charge on any atom is 0.216 e. The molecule has 1 aromatic rings. The first-order valence-corrected chi connectivity index (χ1v) is 4.33. The zero-order valence-corrected chi connectivity index (χ0v) is 8.56. The molecule has 0 bridgehead atoms. The van der Waals surface area contributed by atoms with Crippen molar-refractivity contribution in [3.05, 3.63) is 18.1 Å². The number of hydrogen-bond donors (Lipinski definition) is 1. The van der Waals surface area contributed by atoms with Gasteiger partial charge in [0, 0.05) is 12.1 Å². The van der Waals surface area contributed by atoms with E-state index in [-0.39, 0.29) is 6.04 Å². The van der Waals surface area contributed by atoms with Gasteiger partial charge in [0.05, 0.1) is 7.11 Å². The van der Waals surface area contributed by atoms with Crippen LogP contribution in [0.5, 0.6) is 5.88 Å². The molecule has 0 saturated heterocycles. The molecule has 0 aliphatic carbocycles. The fourth-order valence-electron chi connectivity index (χ4n) is 0.935. The third kappa shape index (κ3) is 2.69. The summed E-state index contributed by atoms with van der Waals surface area (Å²) in [7, 11) is 1.54. The van der Waals surface area contributed by atoms with Gasteiger partial charge in [-0.05, 0) is 13.8 Å². The Hall–Kier alpha value is -1.65. The molecule has 5 heteroatoms. The first-order valence-electron chi connectivity index (χ1n) is 4.33. The van der Waals surface area contributed by atoms with E-state index in [0.29, 0.717) is 17.4 Å². The van der Waals surface area contributed by atoms with Gasteiger partial charge < -0.3 is 10.5 Å². The molecule has 0 spiro atoms. The van der Waals surface area contributed by atoms with Crippen molar-refractivity contribution in [2.75, 3.05) is 7.11 Å². The second-order valence-electron chi connectivity index (χ2n) is 3.05. The largest absolute Gasteiger partial charge is 0.481 e. The first-order chi connectivity index (χ1) is 6.63. The molecule has 0 aliphatic heterocycles. The predicted octanol–water partition coefficient (Wildman–Crippen LogP) is 0.599. The fourth-order valence-corrected chi connectivity index (χ4v) is 0.935. The Labute approximate surface area is 83.0 Å². The van der Waals surface area contributed by atoms with Crippen LogP contribution >= 0.6 is 0 Å². The van der Waals surface area contributed by atoms with Crippen LogP contribution in [0.4, 0.5) is 0 Å². The van der Waals surface area contributed by atoms with E-state index >= 15 is 0 Å². The average Bonchev–Trinajstić information content (AvgIpc) is 2.17. The SMILES string of the molecule is COc1cc(C(N)=NC(C)C)ncn1. The van der Waals surface area contributed by atoms with Gasteiger partial charge in [0.2, 0.25) is 5.88 Å². The molecule has 0 fully saturated rings. The van der Waals surface area contributed by atoms with Gasteiger partial charge >= 0.3 is 0 Å². The van der Waals surface area contributed by atoms with Gasteiger partial charge in [-0.3, -0.25) is 4.99 Å². The van der Waals surface area contributed by atoms with Crippen LogP contribution in [0.3, 0.4) is 0 Å². The van der Waals surface area contributed by atoms with Crippen molar-refractivity contribution in [2.24, 2.45) is 10.7 Å². The summed E-state index contributed by atoms with van der Waals surface area (Å²) in [6.07, 6.45) is 1.40. The number of nitrogens with zero attached hydrogens (tertiary/aromatic N) is 3. The molecule has 0 aliphatic rings. The van der Waals surface area contributed by atoms with Crippen molar-refractivity contribution >= 4 is 5.84 Å². The molecule has 0 aromatic carbocycles. The van der Waals surface area contributed by atoms with Crippen molar-refractivity contribution in [2.45, 2.75) is 19.9 Å². The van der Waals surface area contributed by atoms with Crippen LogP contribution in [0, 0.1) is 0 Å². The molecule has 1 rings (SSSR count). The quantitative estimate of drug-likeness (QED) is 0.564. The van der Waals surface area contributed by atoms with Crippen LogP contribution in [-0.4, -0.2) is 29.0 Å². The molecule has 5 nitrogen and oxygen atoms in total. The van der Waals surface area contributed by atoms with E-state index in [0.717, 1.165) is 0 Å². The Morgan fingerprint density at radius 3 is 2.79 bits per heavy atom. The lowest BCUT2D eigenvalue weighted by molar-refractivity contribution is 0.396. The zero-order valence-electron chi connectivity index (χ0n) is 8.56. The summed E-state index contributed by atoms with van der Waals surface area (Å²) in [5.41, 5.74) is 6.31. The predicted molar refractivity (Wildman–Crippen MR) is 54.4 cm³/mol. The highest BCUT2D eigenvalue weighted by molar-refractivity contribution is 5.95. The second kappa shape index (κ2) is 4.55. The number of amidine groups is 1. The van der Waals surface area contributed by atoms with Gasteiger partial charge in [0.1, 0.15) is 17.9 Å². The first kappa shape index (κ1) is 10.4. The molecule has 76 valence electrons. The van der Waals surface area contributed by atoms with Crippen molar-refractivity contribution in [3.63, 3.8) is 0 Å². The van der Waals surface area contributed by atoms with Crippen LogP contribution < -0.4 is 10.5 Å². The number of nitrogens with two attached hydrogens (primary N) is 1. The summed E-state index contributed by atoms with van der Waals surface area (Å²) >= 11 is 0. The number of aliphatic imine (C=N–C) groups is 1. The third-order valence-electron chi connectivity index (χ3n) is 1.51. The fraction of sp³-hybridized carbons (Fsp3) is 0.444. The zero-order chi connectivity index (χ0) is 10.6. The molecule has 1 heterocycles. The maximum absolute atomic E-state index is 5.72. The van der Waals surface area contributed by atoms with Crippen LogP contribution in [0.15, 0.2) is 17.4 Å². The van der Waals surface area contributed by atoms with Gasteiger partial charge in [-0.25, -0.2) is 9.97 Å². The Balaban J connectivity index is 2.95. The van der Waals surface area contributed by atoms with Crippen molar-refractivity contribution in [1.29, 1.82) is 0 Å². The number of aromatic nitrogens is 2. The molecule has 14 heavy (non-hydrogen) atoms. The summed E-state index contributed by atoms with van der Waals surface area (Å²) in [6, 6.07) is 1.80. The number of hydrogen-bond acceptors (Lipinski definition) is 4. The Morgan fingerprint density at radius 1 is 1.50 bits per heavy atom. The van der Waals surface area contributed by atoms with Gasteiger partial charge in [0.25, 0.3) is 0 Å². The van der Waals surface area contributed by atoms with Gasteiger partial charge in [-0.15, -0.1) is 0 Å². The van der Waals surface area contributed by atoms with E-state index in [1.165, 1.54) is 6.33 Å². The van der Waals surface area contributed by atoms with E-state index in [1.807, 2.05) is 13.8 Å².